The summed E-state index contributed by atoms with van der Waals surface area (Å²) in [5.74, 6) is -4.95. The summed E-state index contributed by atoms with van der Waals surface area (Å²) in [6.07, 6.45) is -9.81. The van der Waals surface area contributed by atoms with Gasteiger partial charge in [0.2, 0.25) is 12.0 Å². The predicted molar refractivity (Wildman–Crippen MR) is 110 cm³/mol. The minimum atomic E-state index is -1.98. The second-order valence-electron chi connectivity index (χ2n) is 7.48. The van der Waals surface area contributed by atoms with E-state index in [0.717, 1.165) is 24.3 Å². The van der Waals surface area contributed by atoms with Crippen LogP contribution in [0.5, 0.6) is 28.7 Å². The molecular formula is C21H18O13. The van der Waals surface area contributed by atoms with Gasteiger partial charge >= 0.3 is 5.97 Å². The van der Waals surface area contributed by atoms with Crippen molar-refractivity contribution in [2.45, 2.75) is 30.7 Å². The fourth-order valence-electron chi connectivity index (χ4n) is 3.46. The number of rotatable bonds is 4. The Hall–Kier alpha value is -4.04. The van der Waals surface area contributed by atoms with Crippen LogP contribution in [0.15, 0.2) is 39.5 Å². The number of aliphatic hydroxyl groups is 3. The first-order valence-electron chi connectivity index (χ1n) is 9.64. The Kier molecular flexibility index (Phi) is 5.70. The molecule has 13 nitrogen and oxygen atoms in total. The molecule has 0 amide bonds. The summed E-state index contributed by atoms with van der Waals surface area (Å²) in [7, 11) is 0. The Bertz CT molecular complexity index is 1330. The molecule has 1 fully saturated rings. The van der Waals surface area contributed by atoms with Crippen molar-refractivity contribution < 1.29 is 59.5 Å². The Morgan fingerprint density at radius 1 is 0.882 bits per heavy atom. The van der Waals surface area contributed by atoms with Gasteiger partial charge in [-0.15, -0.1) is 0 Å². The van der Waals surface area contributed by atoms with Crippen LogP contribution < -0.4 is 10.2 Å². The minimum absolute atomic E-state index is 0.131. The molecule has 0 aliphatic carbocycles. The summed E-state index contributed by atoms with van der Waals surface area (Å²) in [6.45, 7) is 0. The first-order valence-corrected chi connectivity index (χ1v) is 9.64. The van der Waals surface area contributed by atoms with Crippen LogP contribution in [-0.4, -0.2) is 77.5 Å². The lowest BCUT2D eigenvalue weighted by atomic mass is 9.99. The molecule has 0 bridgehead atoms. The first kappa shape index (κ1) is 23.1. The van der Waals surface area contributed by atoms with Gasteiger partial charge in [0.1, 0.15) is 35.2 Å². The molecule has 4 rings (SSSR count). The highest BCUT2D eigenvalue weighted by atomic mass is 16.7. The van der Waals surface area contributed by atoms with Gasteiger partial charge < -0.3 is 54.7 Å². The Morgan fingerprint density at radius 3 is 2.24 bits per heavy atom. The highest BCUT2D eigenvalue weighted by Gasteiger charge is 2.48. The molecular weight excluding hydrogens is 460 g/mol. The van der Waals surface area contributed by atoms with Crippen molar-refractivity contribution in [3.8, 4) is 40.1 Å². The van der Waals surface area contributed by atoms with Crippen LogP contribution in [0.1, 0.15) is 0 Å². The van der Waals surface area contributed by atoms with Crippen molar-refractivity contribution in [1.29, 1.82) is 0 Å². The number of phenols is 4. The van der Waals surface area contributed by atoms with Gasteiger partial charge in [-0.05, 0) is 18.2 Å². The fraction of sp³-hybridized carbons (Fsp3) is 0.238. The lowest BCUT2D eigenvalue weighted by Crippen LogP contribution is -2.61. The molecule has 0 unspecified atom stereocenters. The SMILES string of the molecule is O=C(O)[C@H]1O[C@@H](Oc2cc(O)c3c(=O)cc(-c4ccc(O)c(O)c4)oc3c2O)[C@H](O)[C@@H](O)[C@@H]1O. The molecule has 1 aliphatic rings. The summed E-state index contributed by atoms with van der Waals surface area (Å²) in [5, 5.41) is 78.6. The zero-order chi connectivity index (χ0) is 24.9. The number of aromatic hydroxyl groups is 4. The number of fused-ring (bicyclic) bond motifs is 1. The maximum atomic E-state index is 12.6. The smallest absolute Gasteiger partial charge is 0.335 e. The van der Waals surface area contributed by atoms with E-state index in [1.807, 2.05) is 0 Å². The second kappa shape index (κ2) is 8.39. The number of aliphatic carboxylic acids is 1. The number of phenolic OH excluding ortho intramolecular Hbond substituents is 4. The average molecular weight is 478 g/mol. The molecule has 34 heavy (non-hydrogen) atoms. The number of carbonyl (C=O) groups is 1. The largest absolute Gasteiger partial charge is 0.507 e. The maximum absolute atomic E-state index is 12.6. The third kappa shape index (κ3) is 3.82. The van der Waals surface area contributed by atoms with Crippen molar-refractivity contribution in [3.05, 3.63) is 40.6 Å². The first-order chi connectivity index (χ1) is 16.0. The van der Waals surface area contributed by atoms with E-state index in [9.17, 15) is 45.3 Å². The van der Waals surface area contributed by atoms with E-state index < -0.39 is 81.8 Å². The maximum Gasteiger partial charge on any atom is 0.335 e. The summed E-state index contributed by atoms with van der Waals surface area (Å²) in [5.41, 5.74) is -1.22. The molecule has 2 aromatic carbocycles. The standard InChI is InChI=1S/C21H18O13/c22-7-2-1-6(3-8(7)23)11-4-9(24)13-10(25)5-12(14(26)18(13)32-11)33-21-17(29)15(27)16(28)19(34-21)20(30)31/h1-5,15-17,19,21-23,25-29H,(H,30,31)/t15-,16-,17+,19-,21+/m0/s1. The minimum Gasteiger partial charge on any atom is -0.507 e. The van der Waals surface area contributed by atoms with Crippen LogP contribution in [0.2, 0.25) is 0 Å². The molecule has 0 radical (unpaired) electrons. The van der Waals surface area contributed by atoms with E-state index in [-0.39, 0.29) is 11.3 Å². The van der Waals surface area contributed by atoms with Gasteiger partial charge in [-0.3, -0.25) is 4.79 Å². The van der Waals surface area contributed by atoms with E-state index in [1.165, 1.54) is 6.07 Å². The van der Waals surface area contributed by atoms with Crippen molar-refractivity contribution in [2.75, 3.05) is 0 Å². The zero-order valence-electron chi connectivity index (χ0n) is 16.9. The Balaban J connectivity index is 1.78. The van der Waals surface area contributed by atoms with Gasteiger partial charge in [-0.2, -0.15) is 0 Å². The predicted octanol–water partition coefficient (Wildman–Crippen LogP) is -0.447. The van der Waals surface area contributed by atoms with Crippen LogP contribution in [0.4, 0.5) is 0 Å². The lowest BCUT2D eigenvalue weighted by Gasteiger charge is -2.38. The highest BCUT2D eigenvalue weighted by molar-refractivity contribution is 5.91. The van der Waals surface area contributed by atoms with Crippen LogP contribution in [0.25, 0.3) is 22.3 Å². The molecule has 0 spiro atoms. The molecule has 13 heteroatoms. The average Bonchev–Trinajstić information content (AvgIpc) is 2.78. The molecule has 1 aliphatic heterocycles. The lowest BCUT2D eigenvalue weighted by molar-refractivity contribution is -0.271. The van der Waals surface area contributed by atoms with Crippen LogP contribution in [-0.2, 0) is 9.53 Å². The van der Waals surface area contributed by atoms with E-state index in [1.54, 1.807) is 0 Å². The third-order valence-electron chi connectivity index (χ3n) is 5.24. The Labute approximate surface area is 188 Å². The highest BCUT2D eigenvalue weighted by Crippen LogP contribution is 2.42. The molecule has 1 saturated heterocycles. The molecule has 5 atom stereocenters. The number of carboxylic acids is 1. The summed E-state index contributed by atoms with van der Waals surface area (Å²) < 4.78 is 15.8. The Morgan fingerprint density at radius 2 is 1.59 bits per heavy atom. The van der Waals surface area contributed by atoms with Gasteiger partial charge in [0.25, 0.3) is 0 Å². The second-order valence-corrected chi connectivity index (χ2v) is 7.48. The molecule has 0 saturated carbocycles. The normalized spacial score (nSPS) is 24.7. The summed E-state index contributed by atoms with van der Waals surface area (Å²) >= 11 is 0. The molecule has 3 aromatic rings. The number of hydrogen-bond donors (Lipinski definition) is 8. The quantitative estimate of drug-likeness (QED) is 0.176. The van der Waals surface area contributed by atoms with Crippen molar-refractivity contribution in [2.24, 2.45) is 0 Å². The van der Waals surface area contributed by atoms with Crippen LogP contribution in [0.3, 0.4) is 0 Å². The van der Waals surface area contributed by atoms with Gasteiger partial charge in [0.05, 0.1) is 0 Å². The van der Waals surface area contributed by atoms with Gasteiger partial charge in [0, 0.05) is 17.7 Å². The molecule has 1 aromatic heterocycles. The monoisotopic (exact) mass is 478 g/mol. The summed E-state index contributed by atoms with van der Waals surface area (Å²) in [4.78, 5) is 23.8. The van der Waals surface area contributed by atoms with Crippen molar-refractivity contribution >= 4 is 16.9 Å². The van der Waals surface area contributed by atoms with Crippen molar-refractivity contribution in [1.82, 2.24) is 0 Å². The number of hydrogen-bond acceptors (Lipinski definition) is 12. The van der Waals surface area contributed by atoms with Gasteiger partial charge in [0.15, 0.2) is 34.4 Å². The van der Waals surface area contributed by atoms with Crippen LogP contribution >= 0.6 is 0 Å². The van der Waals surface area contributed by atoms with E-state index >= 15 is 0 Å². The van der Waals surface area contributed by atoms with Gasteiger partial charge in [-0.25, -0.2) is 4.79 Å². The topological polar surface area (TPSA) is 228 Å². The number of aliphatic hydroxyl groups excluding tert-OH is 3. The number of ether oxygens (including phenoxy) is 2. The van der Waals surface area contributed by atoms with E-state index in [2.05, 4.69) is 0 Å². The third-order valence-corrected chi connectivity index (χ3v) is 5.24. The number of benzene rings is 2. The van der Waals surface area contributed by atoms with E-state index in [0.29, 0.717) is 0 Å². The fourth-order valence-corrected chi connectivity index (χ4v) is 3.46. The molecule has 2 heterocycles. The van der Waals surface area contributed by atoms with E-state index in [4.69, 9.17) is 19.0 Å². The summed E-state index contributed by atoms with van der Waals surface area (Å²) in [6, 6.07) is 5.27. The number of carboxylic acid groups (broad SMARTS) is 1. The zero-order valence-corrected chi connectivity index (χ0v) is 16.9. The molecule has 180 valence electrons. The van der Waals surface area contributed by atoms with Crippen molar-refractivity contribution in [3.63, 3.8) is 0 Å². The van der Waals surface area contributed by atoms with Crippen LogP contribution in [0, 0.1) is 0 Å². The van der Waals surface area contributed by atoms with Gasteiger partial charge in [-0.1, -0.05) is 0 Å². The molecule has 8 N–H and O–H groups in total.